The van der Waals surface area contributed by atoms with Crippen LogP contribution in [0.4, 0.5) is 5.69 Å². The van der Waals surface area contributed by atoms with Crippen molar-refractivity contribution in [3.05, 3.63) is 36.4 Å². The van der Waals surface area contributed by atoms with Crippen LogP contribution in [0.2, 0.25) is 0 Å². The zero-order valence-electron chi connectivity index (χ0n) is 20.1. The fourth-order valence-corrected chi connectivity index (χ4v) is 3.64. The van der Waals surface area contributed by atoms with Crippen LogP contribution < -0.4 is 14.2 Å². The van der Waals surface area contributed by atoms with Gasteiger partial charge in [0.05, 0.1) is 20.3 Å². The second-order valence-electron chi connectivity index (χ2n) is 8.18. The van der Waals surface area contributed by atoms with Gasteiger partial charge in [0.2, 0.25) is 0 Å². The molecular weight excluding hydrogens is 400 g/mol. The van der Waals surface area contributed by atoms with E-state index in [2.05, 4.69) is 19.0 Å². The molecule has 0 aliphatic rings. The fourth-order valence-electron chi connectivity index (χ4n) is 3.64. The van der Waals surface area contributed by atoms with Crippen molar-refractivity contribution in [3.8, 4) is 28.4 Å². The van der Waals surface area contributed by atoms with Gasteiger partial charge in [-0.05, 0) is 36.6 Å². The number of nitrogens with one attached hydrogen (secondary N) is 1. The molecule has 2 rings (SSSR count). The highest BCUT2D eigenvalue weighted by molar-refractivity contribution is 5.76. The summed E-state index contributed by atoms with van der Waals surface area (Å²) in [7, 11) is 1.67. The lowest BCUT2D eigenvalue weighted by Crippen LogP contribution is -2.01. The topological polar surface area (TPSA) is 63.9 Å². The van der Waals surface area contributed by atoms with Crippen LogP contribution in [-0.2, 0) is 0 Å². The zero-order chi connectivity index (χ0) is 23.0. The molecule has 0 atom stereocenters. The number of methoxy groups -OCH3 is 1. The van der Waals surface area contributed by atoms with Gasteiger partial charge in [0.25, 0.3) is 0 Å². The molecule has 5 heteroatoms. The van der Waals surface area contributed by atoms with E-state index in [1.807, 2.05) is 36.4 Å². The summed E-state index contributed by atoms with van der Waals surface area (Å²) >= 11 is 0. The van der Waals surface area contributed by atoms with E-state index in [1.165, 1.54) is 44.9 Å². The van der Waals surface area contributed by atoms with Crippen molar-refractivity contribution < 1.29 is 14.2 Å². The maximum absolute atomic E-state index is 7.64. The molecule has 0 saturated carbocycles. The summed E-state index contributed by atoms with van der Waals surface area (Å²) in [6, 6.07) is 11.7. The third kappa shape index (κ3) is 8.52. The minimum Gasteiger partial charge on any atom is -0.497 e. The first kappa shape index (κ1) is 25.7. The molecule has 2 aromatic rings. The lowest BCUT2D eigenvalue weighted by atomic mass is 10.0. The Labute approximate surface area is 194 Å². The van der Waals surface area contributed by atoms with E-state index in [9.17, 15) is 0 Å². The molecule has 0 heterocycles. The van der Waals surface area contributed by atoms with Gasteiger partial charge in [0.1, 0.15) is 22.9 Å². The van der Waals surface area contributed by atoms with Crippen LogP contribution >= 0.6 is 0 Å². The SMILES string of the molecule is CCCCCCCOc1cc(-c2ccc(OC)cc2)c(OCCCCCCC)cc1N=N. The predicted octanol–water partition coefficient (Wildman–Crippen LogP) is 8.72. The Kier molecular flexibility index (Phi) is 12.3. The number of hydrogen-bond acceptors (Lipinski definition) is 5. The highest BCUT2D eigenvalue weighted by Crippen LogP contribution is 2.41. The molecular formula is C27H40N2O3. The molecule has 5 nitrogen and oxygen atoms in total. The molecule has 0 saturated heterocycles. The Bertz CT molecular complexity index is 790. The maximum Gasteiger partial charge on any atom is 0.147 e. The highest BCUT2D eigenvalue weighted by atomic mass is 16.5. The van der Waals surface area contributed by atoms with Gasteiger partial charge in [-0.25, -0.2) is 5.53 Å². The minimum atomic E-state index is 0.511. The molecule has 176 valence electrons. The van der Waals surface area contributed by atoms with Crippen molar-refractivity contribution >= 4 is 5.69 Å². The van der Waals surface area contributed by atoms with Gasteiger partial charge in [-0.1, -0.05) is 77.3 Å². The van der Waals surface area contributed by atoms with Crippen molar-refractivity contribution in [1.29, 1.82) is 5.53 Å². The summed E-state index contributed by atoms with van der Waals surface area (Å²) in [5.74, 6) is 2.19. The molecule has 0 unspecified atom stereocenters. The summed E-state index contributed by atoms with van der Waals surface area (Å²) in [6.07, 6.45) is 11.8. The third-order valence-corrected chi connectivity index (χ3v) is 5.59. The molecule has 0 bridgehead atoms. The van der Waals surface area contributed by atoms with Crippen LogP contribution in [-0.4, -0.2) is 20.3 Å². The van der Waals surface area contributed by atoms with Crippen molar-refractivity contribution in [2.45, 2.75) is 78.1 Å². The van der Waals surface area contributed by atoms with E-state index in [4.69, 9.17) is 19.7 Å². The van der Waals surface area contributed by atoms with E-state index >= 15 is 0 Å². The maximum atomic E-state index is 7.64. The van der Waals surface area contributed by atoms with Gasteiger partial charge in [-0.15, -0.1) is 0 Å². The Balaban J connectivity index is 2.17. The largest absolute Gasteiger partial charge is 0.497 e. The molecule has 0 spiro atoms. The zero-order valence-corrected chi connectivity index (χ0v) is 20.1. The van der Waals surface area contributed by atoms with Gasteiger partial charge < -0.3 is 14.2 Å². The van der Waals surface area contributed by atoms with Gasteiger partial charge in [-0.2, -0.15) is 5.11 Å². The van der Waals surface area contributed by atoms with E-state index in [1.54, 1.807) is 7.11 Å². The minimum absolute atomic E-state index is 0.511. The van der Waals surface area contributed by atoms with Crippen LogP contribution in [0, 0.1) is 5.53 Å². The summed E-state index contributed by atoms with van der Waals surface area (Å²) < 4.78 is 17.5. The fraction of sp³-hybridized carbons (Fsp3) is 0.556. The third-order valence-electron chi connectivity index (χ3n) is 5.59. The molecule has 0 amide bonds. The summed E-state index contributed by atoms with van der Waals surface area (Å²) in [6.45, 7) is 5.72. The standard InChI is InChI=1S/C27H40N2O3/c1-4-6-8-10-12-18-31-26-21-25(29-28)27(32-19-13-11-9-7-5-2)20-24(26)22-14-16-23(30-3)17-15-22/h14-17,20-21,28H,4-13,18-19H2,1-3H3. The molecule has 0 aliphatic heterocycles. The lowest BCUT2D eigenvalue weighted by molar-refractivity contribution is 0.298. The average molecular weight is 441 g/mol. The molecule has 2 aromatic carbocycles. The van der Waals surface area contributed by atoms with Crippen LogP contribution in [0.5, 0.6) is 17.2 Å². The van der Waals surface area contributed by atoms with E-state index in [-0.39, 0.29) is 0 Å². The Morgan fingerprint density at radius 3 is 1.81 bits per heavy atom. The second-order valence-corrected chi connectivity index (χ2v) is 8.18. The van der Waals surface area contributed by atoms with E-state index < -0.39 is 0 Å². The molecule has 0 radical (unpaired) electrons. The van der Waals surface area contributed by atoms with E-state index in [0.717, 1.165) is 41.9 Å². The number of hydrogen-bond donors (Lipinski definition) is 1. The first-order valence-corrected chi connectivity index (χ1v) is 12.2. The van der Waals surface area contributed by atoms with Crippen LogP contribution in [0.3, 0.4) is 0 Å². The monoisotopic (exact) mass is 440 g/mol. The number of nitrogens with zero attached hydrogens (tertiary/aromatic N) is 1. The van der Waals surface area contributed by atoms with Crippen molar-refractivity contribution in [1.82, 2.24) is 0 Å². The normalized spacial score (nSPS) is 10.7. The lowest BCUT2D eigenvalue weighted by Gasteiger charge is -2.16. The Morgan fingerprint density at radius 2 is 1.28 bits per heavy atom. The Hall–Kier alpha value is -2.56. The summed E-state index contributed by atoms with van der Waals surface area (Å²) in [5, 5.41) is 3.72. The van der Waals surface area contributed by atoms with Crippen LogP contribution in [0.25, 0.3) is 11.1 Å². The molecule has 0 fully saturated rings. The number of ether oxygens (including phenoxy) is 3. The first-order chi connectivity index (χ1) is 15.7. The van der Waals surface area contributed by atoms with Gasteiger partial charge >= 0.3 is 0 Å². The predicted molar refractivity (Wildman–Crippen MR) is 132 cm³/mol. The highest BCUT2D eigenvalue weighted by Gasteiger charge is 2.14. The molecule has 0 aromatic heterocycles. The summed E-state index contributed by atoms with van der Waals surface area (Å²) in [5.41, 5.74) is 10.1. The van der Waals surface area contributed by atoms with Crippen molar-refractivity contribution in [2.75, 3.05) is 20.3 Å². The molecule has 0 aliphatic carbocycles. The van der Waals surface area contributed by atoms with Gasteiger partial charge in [0.15, 0.2) is 0 Å². The smallest absolute Gasteiger partial charge is 0.147 e. The van der Waals surface area contributed by atoms with Crippen molar-refractivity contribution in [3.63, 3.8) is 0 Å². The number of unbranched alkanes of at least 4 members (excludes halogenated alkanes) is 8. The van der Waals surface area contributed by atoms with E-state index in [0.29, 0.717) is 24.7 Å². The first-order valence-electron chi connectivity index (χ1n) is 12.2. The van der Waals surface area contributed by atoms with Gasteiger partial charge in [-0.3, -0.25) is 0 Å². The van der Waals surface area contributed by atoms with Crippen LogP contribution in [0.1, 0.15) is 78.1 Å². The number of rotatable bonds is 17. The van der Waals surface area contributed by atoms with Crippen molar-refractivity contribution in [2.24, 2.45) is 5.11 Å². The van der Waals surface area contributed by atoms with Gasteiger partial charge in [0, 0.05) is 11.6 Å². The second kappa shape index (κ2) is 15.3. The van der Waals surface area contributed by atoms with Crippen LogP contribution in [0.15, 0.2) is 41.5 Å². The average Bonchev–Trinajstić information content (AvgIpc) is 2.83. The summed E-state index contributed by atoms with van der Waals surface area (Å²) in [4.78, 5) is 0. The molecule has 1 N–H and O–H groups in total. The quantitative estimate of drug-likeness (QED) is 0.197. The molecule has 32 heavy (non-hydrogen) atoms. The Morgan fingerprint density at radius 1 is 0.719 bits per heavy atom. The number of benzene rings is 2.